The van der Waals surface area contributed by atoms with Gasteiger partial charge in [-0.05, 0) is 18.6 Å². The van der Waals surface area contributed by atoms with E-state index in [-0.39, 0.29) is 0 Å². The molecule has 1 aromatic carbocycles. The first-order valence-electron chi connectivity index (χ1n) is 4.28. The Balaban J connectivity index is 0.000000561. The molecular weight excluding hydrogens is 170 g/mol. The fourth-order valence-corrected chi connectivity index (χ4v) is 0.995. The summed E-state index contributed by atoms with van der Waals surface area (Å²) < 4.78 is 0. The zero-order chi connectivity index (χ0) is 9.56. The molecule has 0 aliphatic carbocycles. The van der Waals surface area contributed by atoms with Gasteiger partial charge in [-0.2, -0.15) is 0 Å². The normalized spacial score (nSPS) is 8.75. The zero-order valence-electron chi connectivity index (χ0n) is 8.02. The van der Waals surface area contributed by atoms with Crippen LogP contribution in [-0.4, -0.2) is 0 Å². The topological polar surface area (TPSA) is 27.6 Å². The van der Waals surface area contributed by atoms with Gasteiger partial charge in [-0.25, -0.2) is 0 Å². The first-order chi connectivity index (χ1) is 5.74. The molecule has 12 heavy (non-hydrogen) atoms. The molecule has 0 atom stereocenters. The van der Waals surface area contributed by atoms with Gasteiger partial charge in [-0.15, -0.1) is 0 Å². The van der Waals surface area contributed by atoms with Gasteiger partial charge in [-0.3, -0.25) is 0 Å². The number of hydrogen-bond acceptors (Lipinski definition) is 0. The lowest BCUT2D eigenvalue weighted by molar-refractivity contribution is -0.386. The van der Waals surface area contributed by atoms with Crippen molar-refractivity contribution < 1.29 is 5.73 Å². The van der Waals surface area contributed by atoms with E-state index in [9.17, 15) is 0 Å². The second-order valence-electron chi connectivity index (χ2n) is 2.33. The maximum Gasteiger partial charge on any atom is 0.0997 e. The van der Waals surface area contributed by atoms with Crippen LogP contribution in [0.15, 0.2) is 18.2 Å². The molecule has 1 rings (SSSR count). The summed E-state index contributed by atoms with van der Waals surface area (Å²) in [5.74, 6) is 0. The Morgan fingerprint density at radius 3 is 2.33 bits per heavy atom. The molecule has 0 amide bonds. The Labute approximate surface area is 79.5 Å². The standard InChI is InChI=1S/C8H10ClN.C2H6/c1-6-2-3-7(5-10)4-8(6)9;1-2/h2-4H,5,10H2,1H3;1-2H3/p+1. The molecule has 0 spiro atoms. The average Bonchev–Trinajstić information content (AvgIpc) is 2.13. The third kappa shape index (κ3) is 3.24. The van der Waals surface area contributed by atoms with E-state index in [0.29, 0.717) is 0 Å². The summed E-state index contributed by atoms with van der Waals surface area (Å²) in [6.45, 7) is 6.80. The van der Waals surface area contributed by atoms with Crippen LogP contribution in [0.25, 0.3) is 0 Å². The van der Waals surface area contributed by atoms with Crippen LogP contribution < -0.4 is 5.73 Å². The molecule has 0 bridgehead atoms. The molecule has 0 heterocycles. The molecule has 0 aromatic heterocycles. The summed E-state index contributed by atoms with van der Waals surface area (Å²) in [4.78, 5) is 0. The summed E-state index contributed by atoms with van der Waals surface area (Å²) in [6.07, 6.45) is 0. The molecule has 0 unspecified atom stereocenters. The minimum absolute atomic E-state index is 0.806. The molecule has 2 heteroatoms. The van der Waals surface area contributed by atoms with Crippen molar-refractivity contribution in [2.75, 3.05) is 0 Å². The van der Waals surface area contributed by atoms with Crippen molar-refractivity contribution in [3.63, 3.8) is 0 Å². The Morgan fingerprint density at radius 1 is 1.33 bits per heavy atom. The van der Waals surface area contributed by atoms with Crippen molar-refractivity contribution >= 4 is 11.6 Å². The molecule has 0 saturated carbocycles. The molecule has 1 nitrogen and oxygen atoms in total. The van der Waals surface area contributed by atoms with Crippen LogP contribution in [0.3, 0.4) is 0 Å². The fourth-order valence-electron chi connectivity index (χ4n) is 0.792. The van der Waals surface area contributed by atoms with Crippen molar-refractivity contribution in [3.8, 4) is 0 Å². The first kappa shape index (κ1) is 11.5. The van der Waals surface area contributed by atoms with Crippen LogP contribution in [0.1, 0.15) is 25.0 Å². The molecule has 1 aromatic rings. The van der Waals surface area contributed by atoms with Crippen molar-refractivity contribution in [2.45, 2.75) is 27.3 Å². The Morgan fingerprint density at radius 2 is 1.92 bits per heavy atom. The molecule has 0 radical (unpaired) electrons. The molecule has 0 fully saturated rings. The van der Waals surface area contributed by atoms with Gasteiger partial charge in [0.1, 0.15) is 0 Å². The summed E-state index contributed by atoms with van der Waals surface area (Å²) in [5, 5.41) is 0.834. The van der Waals surface area contributed by atoms with E-state index in [0.717, 1.165) is 17.1 Å². The fraction of sp³-hybridized carbons (Fsp3) is 0.400. The summed E-state index contributed by atoms with van der Waals surface area (Å²) in [5.41, 5.74) is 6.08. The predicted molar refractivity (Wildman–Crippen MR) is 54.1 cm³/mol. The smallest absolute Gasteiger partial charge is 0.0997 e. The highest BCUT2D eigenvalue weighted by molar-refractivity contribution is 6.31. The average molecular weight is 187 g/mol. The van der Waals surface area contributed by atoms with Crippen molar-refractivity contribution in [3.05, 3.63) is 34.3 Å². The molecule has 0 saturated heterocycles. The van der Waals surface area contributed by atoms with Gasteiger partial charge >= 0.3 is 0 Å². The van der Waals surface area contributed by atoms with Crippen LogP contribution in [0.2, 0.25) is 5.02 Å². The second-order valence-corrected chi connectivity index (χ2v) is 2.74. The van der Waals surface area contributed by atoms with Crippen LogP contribution in [0.4, 0.5) is 0 Å². The SMILES string of the molecule is CC.Cc1ccc(C[NH3+])cc1Cl. The lowest BCUT2D eigenvalue weighted by Crippen LogP contribution is -2.47. The monoisotopic (exact) mass is 186 g/mol. The highest BCUT2D eigenvalue weighted by Crippen LogP contribution is 2.15. The van der Waals surface area contributed by atoms with E-state index in [4.69, 9.17) is 11.6 Å². The minimum atomic E-state index is 0.806. The second kappa shape index (κ2) is 6.04. The maximum atomic E-state index is 5.86. The van der Waals surface area contributed by atoms with E-state index >= 15 is 0 Å². The predicted octanol–water partition coefficient (Wildman–Crippen LogP) is 2.42. The Hall–Kier alpha value is -0.530. The molecule has 68 valence electrons. The number of benzene rings is 1. The van der Waals surface area contributed by atoms with Crippen LogP contribution >= 0.6 is 11.6 Å². The van der Waals surface area contributed by atoms with Gasteiger partial charge in [0.05, 0.1) is 6.54 Å². The van der Waals surface area contributed by atoms with Gasteiger partial charge in [0, 0.05) is 10.6 Å². The highest BCUT2D eigenvalue weighted by atomic mass is 35.5. The van der Waals surface area contributed by atoms with E-state index < -0.39 is 0 Å². The molecular formula is C10H17ClN+. The highest BCUT2D eigenvalue weighted by Gasteiger charge is 1.95. The van der Waals surface area contributed by atoms with E-state index in [1.54, 1.807) is 0 Å². The number of hydrogen-bond donors (Lipinski definition) is 1. The number of rotatable bonds is 1. The number of aryl methyl sites for hydroxylation is 1. The molecule has 3 N–H and O–H groups in total. The lowest BCUT2D eigenvalue weighted by atomic mass is 10.1. The summed E-state index contributed by atoms with van der Waals surface area (Å²) >= 11 is 5.86. The van der Waals surface area contributed by atoms with E-state index in [2.05, 4.69) is 5.73 Å². The third-order valence-electron chi connectivity index (χ3n) is 1.52. The minimum Gasteiger partial charge on any atom is -0.354 e. The quantitative estimate of drug-likeness (QED) is 0.698. The number of quaternary nitrogens is 1. The van der Waals surface area contributed by atoms with Gasteiger partial charge in [0.15, 0.2) is 0 Å². The van der Waals surface area contributed by atoms with Crippen LogP contribution in [0, 0.1) is 6.92 Å². The van der Waals surface area contributed by atoms with Gasteiger partial charge in [0.2, 0.25) is 0 Å². The van der Waals surface area contributed by atoms with Crippen LogP contribution in [-0.2, 0) is 6.54 Å². The van der Waals surface area contributed by atoms with Crippen molar-refractivity contribution in [2.24, 2.45) is 0 Å². The third-order valence-corrected chi connectivity index (χ3v) is 1.93. The van der Waals surface area contributed by atoms with Gasteiger partial charge < -0.3 is 5.73 Å². The Kier molecular flexibility index (Phi) is 5.77. The Bertz CT molecular complexity index is 233. The lowest BCUT2D eigenvalue weighted by Gasteiger charge is -1.97. The zero-order valence-corrected chi connectivity index (χ0v) is 8.78. The van der Waals surface area contributed by atoms with Gasteiger partial charge in [-0.1, -0.05) is 37.6 Å². The van der Waals surface area contributed by atoms with Crippen molar-refractivity contribution in [1.29, 1.82) is 0 Å². The van der Waals surface area contributed by atoms with Crippen molar-refractivity contribution in [1.82, 2.24) is 0 Å². The maximum absolute atomic E-state index is 5.86. The summed E-state index contributed by atoms with van der Waals surface area (Å²) in [6, 6.07) is 6.03. The largest absolute Gasteiger partial charge is 0.354 e. The molecule has 0 aliphatic heterocycles. The number of halogens is 1. The first-order valence-corrected chi connectivity index (χ1v) is 4.66. The van der Waals surface area contributed by atoms with E-state index in [1.165, 1.54) is 5.56 Å². The summed E-state index contributed by atoms with van der Waals surface area (Å²) in [7, 11) is 0. The van der Waals surface area contributed by atoms with E-state index in [1.807, 2.05) is 39.0 Å². The van der Waals surface area contributed by atoms with Crippen LogP contribution in [0.5, 0.6) is 0 Å². The van der Waals surface area contributed by atoms with Gasteiger partial charge in [0.25, 0.3) is 0 Å². The molecule has 0 aliphatic rings.